The molecular formula is C15H21N3O2S. The topological polar surface area (TPSA) is 98.2 Å². The van der Waals surface area contributed by atoms with E-state index >= 15 is 0 Å². The fourth-order valence-corrected chi connectivity index (χ4v) is 3.10. The number of carbonyl (C=O) groups is 2. The Hall–Kier alpha value is -1.37. The number of amides is 1. The van der Waals surface area contributed by atoms with Crippen molar-refractivity contribution in [3.63, 3.8) is 0 Å². The molecule has 5 nitrogen and oxygen atoms in total. The summed E-state index contributed by atoms with van der Waals surface area (Å²) in [5, 5.41) is 2.94. The number of benzene rings is 1. The first kappa shape index (κ1) is 16.0. The Labute approximate surface area is 128 Å². The first-order valence-electron chi connectivity index (χ1n) is 7.09. The van der Waals surface area contributed by atoms with Crippen LogP contribution in [-0.4, -0.2) is 30.2 Å². The van der Waals surface area contributed by atoms with Gasteiger partial charge in [-0.05, 0) is 30.5 Å². The van der Waals surface area contributed by atoms with Crippen LogP contribution in [0.15, 0.2) is 24.3 Å². The number of hydrogen-bond acceptors (Lipinski definition) is 5. The third-order valence-electron chi connectivity index (χ3n) is 3.53. The molecule has 21 heavy (non-hydrogen) atoms. The lowest BCUT2D eigenvalue weighted by Gasteiger charge is -2.30. The van der Waals surface area contributed by atoms with Crippen LogP contribution >= 0.6 is 11.8 Å². The maximum atomic E-state index is 11.9. The summed E-state index contributed by atoms with van der Waals surface area (Å²) in [4.78, 5) is 23.6. The van der Waals surface area contributed by atoms with Gasteiger partial charge in [-0.1, -0.05) is 23.9 Å². The smallest absolute Gasteiger partial charge is 0.251 e. The molecule has 1 fully saturated rings. The van der Waals surface area contributed by atoms with Gasteiger partial charge in [0.15, 0.2) is 5.12 Å². The molecule has 0 radical (unpaired) electrons. The molecule has 0 atom stereocenters. The predicted molar refractivity (Wildman–Crippen MR) is 84.8 cm³/mol. The summed E-state index contributed by atoms with van der Waals surface area (Å²) in [5.74, 6) is 0.639. The SMILES string of the molecule is NCCNC(=O)c1ccc(CSC(=O)[C@H]2C[C@@H](N)C2)cc1. The van der Waals surface area contributed by atoms with Gasteiger partial charge in [0.1, 0.15) is 0 Å². The van der Waals surface area contributed by atoms with Crippen LogP contribution in [0.25, 0.3) is 0 Å². The molecular weight excluding hydrogens is 286 g/mol. The van der Waals surface area contributed by atoms with Crippen LogP contribution < -0.4 is 16.8 Å². The number of hydrogen-bond donors (Lipinski definition) is 3. The van der Waals surface area contributed by atoms with Gasteiger partial charge in [0.2, 0.25) is 0 Å². The fraction of sp³-hybridized carbons (Fsp3) is 0.467. The van der Waals surface area contributed by atoms with Gasteiger partial charge in [-0.25, -0.2) is 0 Å². The predicted octanol–water partition coefficient (Wildman–Crippen LogP) is 0.872. The Morgan fingerprint density at radius 2 is 1.90 bits per heavy atom. The molecule has 2 rings (SSSR count). The molecule has 1 saturated carbocycles. The van der Waals surface area contributed by atoms with Crippen LogP contribution in [0, 0.1) is 5.92 Å². The van der Waals surface area contributed by atoms with Gasteiger partial charge in [0.25, 0.3) is 5.91 Å². The van der Waals surface area contributed by atoms with E-state index in [1.807, 2.05) is 12.1 Å². The highest BCUT2D eigenvalue weighted by molar-refractivity contribution is 8.13. The maximum Gasteiger partial charge on any atom is 0.251 e. The monoisotopic (exact) mass is 307 g/mol. The molecule has 1 aromatic rings. The van der Waals surface area contributed by atoms with Gasteiger partial charge in [0.05, 0.1) is 0 Å². The molecule has 0 spiro atoms. The molecule has 0 saturated heterocycles. The average Bonchev–Trinajstić information content (AvgIpc) is 2.47. The van der Waals surface area contributed by atoms with E-state index in [0.29, 0.717) is 24.4 Å². The van der Waals surface area contributed by atoms with Gasteiger partial charge in [0, 0.05) is 36.4 Å². The Balaban J connectivity index is 1.79. The van der Waals surface area contributed by atoms with E-state index in [1.54, 1.807) is 12.1 Å². The van der Waals surface area contributed by atoms with E-state index in [9.17, 15) is 9.59 Å². The van der Waals surface area contributed by atoms with E-state index < -0.39 is 0 Å². The normalized spacial score (nSPS) is 20.7. The molecule has 0 unspecified atom stereocenters. The van der Waals surface area contributed by atoms with Gasteiger partial charge in [-0.3, -0.25) is 9.59 Å². The summed E-state index contributed by atoms with van der Waals surface area (Å²) in [6, 6.07) is 7.50. The van der Waals surface area contributed by atoms with E-state index in [0.717, 1.165) is 18.4 Å². The Bertz CT molecular complexity index is 498. The van der Waals surface area contributed by atoms with Crippen LogP contribution in [0.1, 0.15) is 28.8 Å². The van der Waals surface area contributed by atoms with Gasteiger partial charge >= 0.3 is 0 Å². The van der Waals surface area contributed by atoms with E-state index in [-0.39, 0.29) is 23.0 Å². The van der Waals surface area contributed by atoms with Crippen molar-refractivity contribution in [2.24, 2.45) is 17.4 Å². The standard InChI is InChI=1S/C15H21N3O2S/c16-5-6-18-14(19)11-3-1-10(2-4-11)9-21-15(20)12-7-13(17)8-12/h1-4,12-13H,5-9,16-17H2,(H,18,19)/t12-,13+. The van der Waals surface area contributed by atoms with Crippen molar-refractivity contribution in [1.29, 1.82) is 0 Å². The third kappa shape index (κ3) is 4.56. The van der Waals surface area contributed by atoms with Crippen molar-refractivity contribution in [1.82, 2.24) is 5.32 Å². The number of rotatable bonds is 6. The van der Waals surface area contributed by atoms with Crippen molar-refractivity contribution in [2.45, 2.75) is 24.6 Å². The molecule has 1 aliphatic carbocycles. The molecule has 1 aliphatic rings. The lowest BCUT2D eigenvalue weighted by molar-refractivity contribution is -0.116. The minimum Gasteiger partial charge on any atom is -0.351 e. The van der Waals surface area contributed by atoms with Crippen molar-refractivity contribution >= 4 is 22.8 Å². The largest absolute Gasteiger partial charge is 0.351 e. The molecule has 1 aromatic carbocycles. The second kappa shape index (κ2) is 7.59. The zero-order chi connectivity index (χ0) is 15.2. The third-order valence-corrected chi connectivity index (χ3v) is 4.63. The summed E-state index contributed by atoms with van der Waals surface area (Å²) < 4.78 is 0. The highest BCUT2D eigenvalue weighted by Gasteiger charge is 2.31. The summed E-state index contributed by atoms with van der Waals surface area (Å²) in [6.07, 6.45) is 1.62. The van der Waals surface area contributed by atoms with Crippen molar-refractivity contribution in [3.05, 3.63) is 35.4 Å². The molecule has 0 heterocycles. The lowest BCUT2D eigenvalue weighted by Crippen LogP contribution is -2.39. The van der Waals surface area contributed by atoms with Crippen molar-refractivity contribution < 1.29 is 9.59 Å². The second-order valence-electron chi connectivity index (χ2n) is 5.28. The van der Waals surface area contributed by atoms with Crippen molar-refractivity contribution in [2.75, 3.05) is 13.1 Å². The summed E-state index contributed by atoms with van der Waals surface area (Å²) in [6.45, 7) is 0.891. The summed E-state index contributed by atoms with van der Waals surface area (Å²) >= 11 is 1.33. The van der Waals surface area contributed by atoms with Crippen LogP contribution in [0.4, 0.5) is 0 Å². The first-order chi connectivity index (χ1) is 10.1. The molecule has 0 aliphatic heterocycles. The van der Waals surface area contributed by atoms with Gasteiger partial charge in [-0.2, -0.15) is 0 Å². The number of nitrogens with one attached hydrogen (secondary N) is 1. The summed E-state index contributed by atoms with van der Waals surface area (Å²) in [5.41, 5.74) is 12.7. The number of thioether (sulfide) groups is 1. The number of nitrogens with two attached hydrogens (primary N) is 2. The molecule has 5 N–H and O–H groups in total. The quantitative estimate of drug-likeness (QED) is 0.724. The maximum absolute atomic E-state index is 11.9. The minimum atomic E-state index is -0.126. The van der Waals surface area contributed by atoms with Crippen molar-refractivity contribution in [3.8, 4) is 0 Å². The molecule has 0 aromatic heterocycles. The fourth-order valence-electron chi connectivity index (χ4n) is 2.17. The van der Waals surface area contributed by atoms with Crippen LogP contribution in [0.5, 0.6) is 0 Å². The van der Waals surface area contributed by atoms with Crippen LogP contribution in [0.3, 0.4) is 0 Å². The first-order valence-corrected chi connectivity index (χ1v) is 8.08. The Kier molecular flexibility index (Phi) is 5.78. The highest BCUT2D eigenvalue weighted by atomic mass is 32.2. The second-order valence-corrected chi connectivity index (χ2v) is 6.26. The van der Waals surface area contributed by atoms with E-state index in [2.05, 4.69) is 5.32 Å². The van der Waals surface area contributed by atoms with E-state index in [4.69, 9.17) is 11.5 Å². The zero-order valence-electron chi connectivity index (χ0n) is 11.9. The number of carbonyl (C=O) groups excluding carboxylic acids is 2. The molecule has 6 heteroatoms. The highest BCUT2D eigenvalue weighted by Crippen LogP contribution is 2.31. The van der Waals surface area contributed by atoms with Gasteiger partial charge < -0.3 is 16.8 Å². The average molecular weight is 307 g/mol. The Morgan fingerprint density at radius 1 is 1.24 bits per heavy atom. The van der Waals surface area contributed by atoms with Gasteiger partial charge in [-0.15, -0.1) is 0 Å². The molecule has 0 bridgehead atoms. The Morgan fingerprint density at radius 3 is 2.48 bits per heavy atom. The minimum absolute atomic E-state index is 0.126. The van der Waals surface area contributed by atoms with Crippen LogP contribution in [-0.2, 0) is 10.5 Å². The van der Waals surface area contributed by atoms with E-state index in [1.165, 1.54) is 11.8 Å². The lowest BCUT2D eigenvalue weighted by atomic mass is 9.82. The summed E-state index contributed by atoms with van der Waals surface area (Å²) in [7, 11) is 0. The zero-order valence-corrected chi connectivity index (χ0v) is 12.7. The molecule has 1 amide bonds. The molecule has 114 valence electrons. The van der Waals surface area contributed by atoms with Crippen LogP contribution in [0.2, 0.25) is 0 Å².